The highest BCUT2D eigenvalue weighted by Crippen LogP contribution is 2.37. The molecule has 1 heterocycles. The van der Waals surface area contributed by atoms with Crippen LogP contribution in [0.1, 0.15) is 48.4 Å². The molecule has 1 aliphatic rings. The van der Waals surface area contributed by atoms with Gasteiger partial charge in [-0.25, -0.2) is 4.39 Å². The number of nitrogens with zero attached hydrogens (tertiary/aromatic N) is 1. The molecule has 8 heteroatoms. The molecule has 1 aliphatic heterocycles. The Morgan fingerprint density at radius 1 is 0.846 bits per heavy atom. The summed E-state index contributed by atoms with van der Waals surface area (Å²) in [6.45, 7) is 3.28. The van der Waals surface area contributed by atoms with Gasteiger partial charge in [-0.05, 0) is 72.9 Å². The maximum Gasteiger partial charge on any atom is 0.279 e. The van der Waals surface area contributed by atoms with Crippen LogP contribution in [0.2, 0.25) is 0 Å². The molecule has 3 aromatic rings. The van der Waals surface area contributed by atoms with E-state index in [-0.39, 0.29) is 31.4 Å². The zero-order valence-electron chi connectivity index (χ0n) is 22.5. The van der Waals surface area contributed by atoms with Crippen molar-refractivity contribution in [2.24, 2.45) is 5.41 Å². The van der Waals surface area contributed by atoms with Gasteiger partial charge in [0, 0.05) is 26.2 Å². The fraction of sp³-hybridized carbons (Fsp3) is 0.387. The maximum atomic E-state index is 13.6. The first-order valence-corrected chi connectivity index (χ1v) is 15.1. The molecule has 0 saturated carbocycles. The number of rotatable bonds is 12. The predicted octanol–water partition coefficient (Wildman–Crippen LogP) is 4.80. The summed E-state index contributed by atoms with van der Waals surface area (Å²) in [5, 5.41) is 3.16. The van der Waals surface area contributed by atoms with E-state index in [1.807, 2.05) is 18.2 Å². The summed E-state index contributed by atoms with van der Waals surface area (Å²) in [6.07, 6.45) is 4.06. The third-order valence-electron chi connectivity index (χ3n) is 7.74. The monoisotopic (exact) mass is 551 g/mol. The number of benzene rings is 3. The lowest BCUT2D eigenvalue weighted by Gasteiger charge is -2.40. The molecule has 0 aromatic heterocycles. The lowest BCUT2D eigenvalue weighted by molar-refractivity contribution is -0.133. The molecule has 0 aliphatic carbocycles. The first-order chi connectivity index (χ1) is 18.8. The molecule has 3 aromatic carbocycles. The highest BCUT2D eigenvalue weighted by atomic mass is 32.2. The summed E-state index contributed by atoms with van der Waals surface area (Å²) in [5.74, 6) is -0.364. The van der Waals surface area contributed by atoms with E-state index in [1.54, 1.807) is 12.1 Å². The number of aryl methyl sites for hydroxylation is 2. The summed E-state index contributed by atoms with van der Waals surface area (Å²) in [5.41, 5.74) is 3.68. The highest BCUT2D eigenvalue weighted by Gasteiger charge is 2.43. The molecule has 39 heavy (non-hydrogen) atoms. The topological polar surface area (TPSA) is 78.5 Å². The van der Waals surface area contributed by atoms with Crippen molar-refractivity contribution in [3.8, 4) is 0 Å². The molecule has 0 radical (unpaired) electrons. The SMILES string of the molecule is CCc1ccc(CCNC(=O)C2(CCc3ccccc3)CCN(S(=O)(=O)NCc3ccc(F)cc3)CC2)cc1. The molecule has 6 nitrogen and oxygen atoms in total. The minimum absolute atomic E-state index is 0.0000659. The number of hydrogen-bond acceptors (Lipinski definition) is 3. The Morgan fingerprint density at radius 3 is 2.08 bits per heavy atom. The van der Waals surface area contributed by atoms with Gasteiger partial charge in [-0.1, -0.05) is 73.7 Å². The third-order valence-corrected chi connectivity index (χ3v) is 9.29. The molecule has 1 saturated heterocycles. The smallest absolute Gasteiger partial charge is 0.279 e. The fourth-order valence-electron chi connectivity index (χ4n) is 5.09. The van der Waals surface area contributed by atoms with Crippen molar-refractivity contribution < 1.29 is 17.6 Å². The van der Waals surface area contributed by atoms with Crippen molar-refractivity contribution in [2.45, 2.75) is 52.0 Å². The van der Waals surface area contributed by atoms with Crippen LogP contribution in [0.3, 0.4) is 0 Å². The molecule has 0 atom stereocenters. The number of halogens is 1. The van der Waals surface area contributed by atoms with Gasteiger partial charge in [-0.15, -0.1) is 0 Å². The van der Waals surface area contributed by atoms with Gasteiger partial charge >= 0.3 is 0 Å². The maximum absolute atomic E-state index is 13.6. The average molecular weight is 552 g/mol. The first kappa shape index (κ1) is 28.9. The van der Waals surface area contributed by atoms with Crippen LogP contribution in [0.15, 0.2) is 78.9 Å². The van der Waals surface area contributed by atoms with Crippen LogP contribution < -0.4 is 10.0 Å². The van der Waals surface area contributed by atoms with Crippen LogP contribution >= 0.6 is 0 Å². The molecule has 0 unspecified atom stereocenters. The minimum atomic E-state index is -3.74. The van der Waals surface area contributed by atoms with Crippen LogP contribution in [0.4, 0.5) is 4.39 Å². The Bertz CT molecular complexity index is 1310. The van der Waals surface area contributed by atoms with Gasteiger partial charge in [-0.3, -0.25) is 4.79 Å². The molecule has 2 N–H and O–H groups in total. The average Bonchev–Trinajstić information content (AvgIpc) is 2.97. The summed E-state index contributed by atoms with van der Waals surface area (Å²) in [7, 11) is -3.74. The number of carbonyl (C=O) groups is 1. The number of hydrogen-bond donors (Lipinski definition) is 2. The van der Waals surface area contributed by atoms with Gasteiger partial charge in [0.2, 0.25) is 5.91 Å². The Kier molecular flexibility index (Phi) is 9.88. The van der Waals surface area contributed by atoms with Gasteiger partial charge in [0.15, 0.2) is 0 Å². The number of carbonyl (C=O) groups excluding carboxylic acids is 1. The Hall–Kier alpha value is -3.07. The summed E-state index contributed by atoms with van der Waals surface area (Å²) in [6, 6.07) is 24.3. The van der Waals surface area contributed by atoms with Crippen molar-refractivity contribution in [3.05, 3.63) is 107 Å². The van der Waals surface area contributed by atoms with Crippen LogP contribution in [0.25, 0.3) is 0 Å². The molecule has 208 valence electrons. The molecule has 4 rings (SSSR count). The largest absolute Gasteiger partial charge is 0.355 e. The van der Waals surface area contributed by atoms with Gasteiger partial charge in [0.1, 0.15) is 5.82 Å². The lowest BCUT2D eigenvalue weighted by Crippen LogP contribution is -2.52. The van der Waals surface area contributed by atoms with Gasteiger partial charge in [0.25, 0.3) is 10.2 Å². The zero-order valence-corrected chi connectivity index (χ0v) is 23.4. The quantitative estimate of drug-likeness (QED) is 0.340. The van der Waals surface area contributed by atoms with Crippen molar-refractivity contribution in [2.75, 3.05) is 19.6 Å². The minimum Gasteiger partial charge on any atom is -0.355 e. The van der Waals surface area contributed by atoms with E-state index >= 15 is 0 Å². The van der Waals surface area contributed by atoms with Gasteiger partial charge in [-0.2, -0.15) is 17.4 Å². The second-order valence-corrected chi connectivity index (χ2v) is 12.0. The van der Waals surface area contributed by atoms with E-state index in [4.69, 9.17) is 0 Å². The predicted molar refractivity (Wildman–Crippen MR) is 153 cm³/mol. The van der Waals surface area contributed by atoms with E-state index in [0.29, 0.717) is 31.4 Å². The van der Waals surface area contributed by atoms with Crippen molar-refractivity contribution in [1.29, 1.82) is 0 Å². The summed E-state index contributed by atoms with van der Waals surface area (Å²) >= 11 is 0. The van der Waals surface area contributed by atoms with E-state index in [2.05, 4.69) is 53.4 Å². The van der Waals surface area contributed by atoms with E-state index < -0.39 is 15.6 Å². The van der Waals surface area contributed by atoms with Crippen molar-refractivity contribution in [3.63, 3.8) is 0 Å². The van der Waals surface area contributed by atoms with Crippen LogP contribution in [-0.4, -0.2) is 38.3 Å². The Balaban J connectivity index is 1.38. The molecule has 0 spiro atoms. The van der Waals surface area contributed by atoms with Crippen molar-refractivity contribution >= 4 is 16.1 Å². The van der Waals surface area contributed by atoms with E-state index in [9.17, 15) is 17.6 Å². The normalized spacial score (nSPS) is 15.6. The molecular weight excluding hydrogens is 513 g/mol. The van der Waals surface area contributed by atoms with E-state index in [0.717, 1.165) is 24.8 Å². The zero-order chi connectivity index (χ0) is 27.7. The standard InChI is InChI=1S/C31H38FN3O3S/c1-2-25-8-10-27(11-9-25)17-21-33-30(36)31(18-16-26-6-4-3-5-7-26)19-22-35(23-20-31)39(37,38)34-24-28-12-14-29(32)15-13-28/h3-15,34H,2,16-24H2,1H3,(H,33,36). The summed E-state index contributed by atoms with van der Waals surface area (Å²) in [4.78, 5) is 13.6. The van der Waals surface area contributed by atoms with Crippen LogP contribution in [-0.2, 0) is 40.8 Å². The van der Waals surface area contributed by atoms with Crippen LogP contribution in [0, 0.1) is 11.2 Å². The number of piperidine rings is 1. The molecule has 1 amide bonds. The van der Waals surface area contributed by atoms with Crippen LogP contribution in [0.5, 0.6) is 0 Å². The fourth-order valence-corrected chi connectivity index (χ4v) is 6.29. The number of amides is 1. The molecular formula is C31H38FN3O3S. The Labute approximate surface area is 231 Å². The lowest BCUT2D eigenvalue weighted by atomic mass is 9.73. The molecule has 0 bridgehead atoms. The second-order valence-electron chi connectivity index (χ2n) is 10.3. The van der Waals surface area contributed by atoms with Gasteiger partial charge < -0.3 is 5.32 Å². The van der Waals surface area contributed by atoms with Gasteiger partial charge in [0.05, 0.1) is 5.41 Å². The molecule has 1 fully saturated rings. The summed E-state index contributed by atoms with van der Waals surface area (Å²) < 4.78 is 43.2. The van der Waals surface area contributed by atoms with E-state index in [1.165, 1.54) is 27.6 Å². The Morgan fingerprint density at radius 2 is 1.44 bits per heavy atom. The third kappa shape index (κ3) is 7.97. The van der Waals surface area contributed by atoms with Crippen molar-refractivity contribution in [1.82, 2.24) is 14.3 Å². The number of nitrogens with one attached hydrogen (secondary N) is 2. The highest BCUT2D eigenvalue weighted by molar-refractivity contribution is 7.87. The second kappa shape index (κ2) is 13.3. The first-order valence-electron chi connectivity index (χ1n) is 13.7.